The van der Waals surface area contributed by atoms with Gasteiger partial charge in [-0.15, -0.1) is 0 Å². The highest BCUT2D eigenvalue weighted by molar-refractivity contribution is 5.49. The van der Waals surface area contributed by atoms with Crippen LogP contribution >= 0.6 is 0 Å². The Hall–Kier alpha value is -2.00. The molecular formula is C20H23NO2. The molecule has 0 radical (unpaired) electrons. The Morgan fingerprint density at radius 3 is 2.52 bits per heavy atom. The van der Waals surface area contributed by atoms with Crippen molar-refractivity contribution in [3.63, 3.8) is 0 Å². The van der Waals surface area contributed by atoms with Crippen molar-refractivity contribution in [1.82, 2.24) is 4.90 Å². The Labute approximate surface area is 137 Å². The monoisotopic (exact) mass is 309 g/mol. The lowest BCUT2D eigenvalue weighted by molar-refractivity contribution is 0.230. The molecule has 0 amide bonds. The van der Waals surface area contributed by atoms with Gasteiger partial charge in [-0.2, -0.15) is 0 Å². The third-order valence-electron chi connectivity index (χ3n) is 5.32. The molecule has 0 aromatic heterocycles. The van der Waals surface area contributed by atoms with Crippen LogP contribution in [0.2, 0.25) is 0 Å². The third kappa shape index (κ3) is 2.40. The fourth-order valence-corrected chi connectivity index (χ4v) is 4.22. The molecule has 0 N–H and O–H groups in total. The standard InChI is InChI=1S/C20H23NO2/c1-22-19-10-9-14(12-20(19)23-2)17-13-21-11-5-8-18(21)16-7-4-3-6-15(16)17/h3-4,6-7,9-10,12,17-18H,5,8,11,13H2,1-2H3/t17-,18-/m0/s1. The molecule has 2 aromatic rings. The van der Waals surface area contributed by atoms with E-state index in [1.807, 2.05) is 6.07 Å². The normalized spacial score (nSPS) is 23.2. The van der Waals surface area contributed by atoms with E-state index in [9.17, 15) is 0 Å². The molecule has 2 heterocycles. The van der Waals surface area contributed by atoms with Gasteiger partial charge in [0.1, 0.15) is 0 Å². The molecule has 3 nitrogen and oxygen atoms in total. The van der Waals surface area contributed by atoms with Gasteiger partial charge in [0.25, 0.3) is 0 Å². The van der Waals surface area contributed by atoms with Gasteiger partial charge in [0.05, 0.1) is 14.2 Å². The van der Waals surface area contributed by atoms with Crippen LogP contribution in [0.3, 0.4) is 0 Å². The van der Waals surface area contributed by atoms with E-state index in [1.54, 1.807) is 14.2 Å². The average molecular weight is 309 g/mol. The molecule has 0 unspecified atom stereocenters. The number of benzene rings is 2. The van der Waals surface area contributed by atoms with Crippen LogP contribution in [0.1, 0.15) is 41.5 Å². The molecule has 1 fully saturated rings. The average Bonchev–Trinajstić information content (AvgIpc) is 3.09. The minimum atomic E-state index is 0.403. The van der Waals surface area contributed by atoms with E-state index in [4.69, 9.17) is 9.47 Å². The first-order valence-electron chi connectivity index (χ1n) is 8.36. The number of nitrogens with zero attached hydrogens (tertiary/aromatic N) is 1. The molecule has 0 bridgehead atoms. The van der Waals surface area contributed by atoms with Crippen LogP contribution in [0.4, 0.5) is 0 Å². The summed E-state index contributed by atoms with van der Waals surface area (Å²) in [4.78, 5) is 2.64. The number of methoxy groups -OCH3 is 2. The Bertz CT molecular complexity index is 713. The first kappa shape index (κ1) is 14.6. The first-order chi connectivity index (χ1) is 11.3. The summed E-state index contributed by atoms with van der Waals surface area (Å²) in [5, 5.41) is 0. The second-order valence-corrected chi connectivity index (χ2v) is 6.45. The molecule has 120 valence electrons. The van der Waals surface area contributed by atoms with E-state index in [2.05, 4.69) is 41.3 Å². The van der Waals surface area contributed by atoms with Crippen LogP contribution in [0.25, 0.3) is 0 Å². The predicted molar refractivity (Wildman–Crippen MR) is 91.4 cm³/mol. The highest BCUT2D eigenvalue weighted by Crippen LogP contribution is 2.45. The Kier molecular flexibility index (Phi) is 3.74. The van der Waals surface area contributed by atoms with Crippen molar-refractivity contribution in [1.29, 1.82) is 0 Å². The number of ether oxygens (including phenoxy) is 2. The van der Waals surface area contributed by atoms with Crippen molar-refractivity contribution >= 4 is 0 Å². The minimum absolute atomic E-state index is 0.403. The second kappa shape index (κ2) is 5.89. The fraction of sp³-hybridized carbons (Fsp3) is 0.400. The van der Waals surface area contributed by atoms with Gasteiger partial charge in [0.2, 0.25) is 0 Å². The van der Waals surface area contributed by atoms with E-state index >= 15 is 0 Å². The van der Waals surface area contributed by atoms with Crippen molar-refractivity contribution in [2.24, 2.45) is 0 Å². The molecule has 0 saturated carbocycles. The fourth-order valence-electron chi connectivity index (χ4n) is 4.22. The molecule has 2 aliphatic heterocycles. The summed E-state index contributed by atoms with van der Waals surface area (Å²) in [5.74, 6) is 2.01. The maximum atomic E-state index is 5.50. The summed E-state index contributed by atoms with van der Waals surface area (Å²) in [5.41, 5.74) is 4.29. The molecule has 23 heavy (non-hydrogen) atoms. The quantitative estimate of drug-likeness (QED) is 0.856. The molecule has 2 aromatic carbocycles. The molecule has 2 atom stereocenters. The van der Waals surface area contributed by atoms with Crippen LogP contribution in [-0.2, 0) is 0 Å². The molecule has 4 rings (SSSR count). The third-order valence-corrected chi connectivity index (χ3v) is 5.32. The zero-order valence-corrected chi connectivity index (χ0v) is 13.8. The maximum absolute atomic E-state index is 5.50. The van der Waals surface area contributed by atoms with E-state index < -0.39 is 0 Å². The first-order valence-corrected chi connectivity index (χ1v) is 8.36. The smallest absolute Gasteiger partial charge is 0.161 e. The minimum Gasteiger partial charge on any atom is -0.493 e. The van der Waals surface area contributed by atoms with Crippen molar-refractivity contribution in [3.05, 3.63) is 59.2 Å². The van der Waals surface area contributed by atoms with E-state index in [0.29, 0.717) is 12.0 Å². The van der Waals surface area contributed by atoms with Crippen LogP contribution in [0.15, 0.2) is 42.5 Å². The molecule has 2 aliphatic rings. The van der Waals surface area contributed by atoms with Crippen LogP contribution in [0.5, 0.6) is 11.5 Å². The predicted octanol–water partition coefficient (Wildman–Crippen LogP) is 3.99. The van der Waals surface area contributed by atoms with Gasteiger partial charge in [-0.1, -0.05) is 30.3 Å². The Balaban J connectivity index is 1.78. The summed E-state index contributed by atoms with van der Waals surface area (Å²) in [7, 11) is 3.38. The second-order valence-electron chi connectivity index (χ2n) is 6.45. The highest BCUT2D eigenvalue weighted by atomic mass is 16.5. The number of fused-ring (bicyclic) bond motifs is 3. The summed E-state index contributed by atoms with van der Waals surface area (Å²) < 4.78 is 10.9. The number of hydrogen-bond acceptors (Lipinski definition) is 3. The Morgan fingerprint density at radius 1 is 0.957 bits per heavy atom. The number of rotatable bonds is 3. The lowest BCUT2D eigenvalue weighted by atomic mass is 9.81. The van der Waals surface area contributed by atoms with Crippen molar-refractivity contribution < 1.29 is 9.47 Å². The molecular weight excluding hydrogens is 286 g/mol. The van der Waals surface area contributed by atoms with Crippen LogP contribution in [-0.4, -0.2) is 32.2 Å². The van der Waals surface area contributed by atoms with E-state index in [-0.39, 0.29) is 0 Å². The zero-order valence-electron chi connectivity index (χ0n) is 13.8. The van der Waals surface area contributed by atoms with E-state index in [0.717, 1.165) is 18.0 Å². The lowest BCUT2D eigenvalue weighted by Gasteiger charge is -2.37. The van der Waals surface area contributed by atoms with Crippen molar-refractivity contribution in [2.75, 3.05) is 27.3 Å². The zero-order chi connectivity index (χ0) is 15.8. The van der Waals surface area contributed by atoms with Crippen LogP contribution < -0.4 is 9.47 Å². The summed E-state index contributed by atoms with van der Waals surface area (Å²) in [6, 6.07) is 15.9. The van der Waals surface area contributed by atoms with Crippen molar-refractivity contribution in [3.8, 4) is 11.5 Å². The van der Waals surface area contributed by atoms with Crippen LogP contribution in [0, 0.1) is 0 Å². The van der Waals surface area contributed by atoms with Gasteiger partial charge >= 0.3 is 0 Å². The topological polar surface area (TPSA) is 21.7 Å². The van der Waals surface area contributed by atoms with Gasteiger partial charge in [0.15, 0.2) is 11.5 Å². The van der Waals surface area contributed by atoms with Gasteiger partial charge in [-0.05, 0) is 48.2 Å². The van der Waals surface area contributed by atoms with Gasteiger partial charge < -0.3 is 9.47 Å². The summed E-state index contributed by atoms with van der Waals surface area (Å²) in [6.07, 6.45) is 2.59. The van der Waals surface area contributed by atoms with Gasteiger partial charge in [0, 0.05) is 18.5 Å². The highest BCUT2D eigenvalue weighted by Gasteiger charge is 2.36. The molecule has 0 aliphatic carbocycles. The summed E-state index contributed by atoms with van der Waals surface area (Å²) in [6.45, 7) is 2.31. The molecule has 3 heteroatoms. The number of hydrogen-bond donors (Lipinski definition) is 0. The molecule has 1 saturated heterocycles. The summed E-state index contributed by atoms with van der Waals surface area (Å²) >= 11 is 0. The van der Waals surface area contributed by atoms with Gasteiger partial charge in [-0.25, -0.2) is 0 Å². The maximum Gasteiger partial charge on any atom is 0.161 e. The lowest BCUT2D eigenvalue weighted by Crippen LogP contribution is -2.34. The Morgan fingerprint density at radius 2 is 1.74 bits per heavy atom. The van der Waals surface area contributed by atoms with E-state index in [1.165, 1.54) is 36.1 Å². The molecule has 0 spiro atoms. The van der Waals surface area contributed by atoms with Crippen molar-refractivity contribution in [2.45, 2.75) is 24.8 Å². The van der Waals surface area contributed by atoms with Gasteiger partial charge in [-0.3, -0.25) is 4.90 Å². The largest absolute Gasteiger partial charge is 0.493 e. The SMILES string of the molecule is COc1ccc([C@@H]2CN3CCC[C@H]3c3ccccc32)cc1OC.